The number of fused-ring (bicyclic) bond motifs is 1. The molecular formula is C26H25N5O3. The second kappa shape index (κ2) is 9.63. The number of rotatable bonds is 7. The first kappa shape index (κ1) is 22.8. The van der Waals surface area contributed by atoms with Gasteiger partial charge in [-0.2, -0.15) is 15.0 Å². The number of carbonyl (C=O) groups is 1. The van der Waals surface area contributed by atoms with Gasteiger partial charge in [-0.05, 0) is 48.2 Å². The summed E-state index contributed by atoms with van der Waals surface area (Å²) in [5.74, 6) is 1.85. The van der Waals surface area contributed by atoms with E-state index in [0.717, 1.165) is 16.5 Å². The number of nitrogens with zero attached hydrogens (tertiary/aromatic N) is 4. The number of hydrogen-bond donors (Lipinski definition) is 1. The van der Waals surface area contributed by atoms with Gasteiger partial charge in [-0.25, -0.2) is 4.98 Å². The fourth-order valence-corrected chi connectivity index (χ4v) is 3.65. The molecule has 0 spiro atoms. The maximum Gasteiger partial charge on any atom is 0.263 e. The van der Waals surface area contributed by atoms with Gasteiger partial charge < -0.3 is 14.8 Å². The Hall–Kier alpha value is -4.38. The number of carbonyl (C=O) groups excluding carboxylic acids is 1. The van der Waals surface area contributed by atoms with Gasteiger partial charge in [0.25, 0.3) is 5.91 Å². The Bertz CT molecular complexity index is 1400. The van der Waals surface area contributed by atoms with Gasteiger partial charge in [0, 0.05) is 5.39 Å². The van der Waals surface area contributed by atoms with Crippen LogP contribution in [-0.4, -0.2) is 34.4 Å². The molecular weight excluding hydrogens is 430 g/mol. The topological polar surface area (TPSA) is 102 Å². The van der Waals surface area contributed by atoms with E-state index >= 15 is 0 Å². The van der Waals surface area contributed by atoms with Gasteiger partial charge in [-0.1, -0.05) is 38.1 Å². The predicted molar refractivity (Wildman–Crippen MR) is 130 cm³/mol. The van der Waals surface area contributed by atoms with Crippen molar-refractivity contribution < 1.29 is 14.3 Å². The molecule has 2 aromatic heterocycles. The van der Waals surface area contributed by atoms with E-state index in [9.17, 15) is 10.1 Å². The molecule has 0 atom stereocenters. The molecule has 8 nitrogen and oxygen atoms in total. The highest BCUT2D eigenvalue weighted by Gasteiger charge is 2.18. The van der Waals surface area contributed by atoms with Crippen LogP contribution in [0, 0.1) is 18.3 Å². The smallest absolute Gasteiger partial charge is 0.263 e. The molecule has 172 valence electrons. The fourth-order valence-electron chi connectivity index (χ4n) is 3.65. The van der Waals surface area contributed by atoms with E-state index in [4.69, 9.17) is 14.5 Å². The Morgan fingerprint density at radius 2 is 2.00 bits per heavy atom. The van der Waals surface area contributed by atoms with Gasteiger partial charge in [0.05, 0.1) is 13.3 Å². The number of nitrogens with one attached hydrogen (secondary N) is 1. The summed E-state index contributed by atoms with van der Waals surface area (Å²) < 4.78 is 12.6. The van der Waals surface area contributed by atoms with Crippen molar-refractivity contribution >= 4 is 22.6 Å². The van der Waals surface area contributed by atoms with Gasteiger partial charge in [-0.15, -0.1) is 0 Å². The van der Waals surface area contributed by atoms with Gasteiger partial charge in [0.2, 0.25) is 0 Å². The third-order valence-corrected chi connectivity index (χ3v) is 5.47. The van der Waals surface area contributed by atoms with E-state index in [-0.39, 0.29) is 18.0 Å². The summed E-state index contributed by atoms with van der Waals surface area (Å²) >= 11 is 0. The fraction of sp³-hybridized carbons (Fsp3) is 0.231. The average molecular weight is 456 g/mol. The minimum absolute atomic E-state index is 0.213. The van der Waals surface area contributed by atoms with Crippen molar-refractivity contribution in [1.82, 2.24) is 14.8 Å². The lowest BCUT2D eigenvalue weighted by Gasteiger charge is -2.13. The molecule has 1 N–H and O–H groups in total. The Morgan fingerprint density at radius 3 is 2.74 bits per heavy atom. The summed E-state index contributed by atoms with van der Waals surface area (Å²) in [5.41, 5.74) is 2.96. The van der Waals surface area contributed by atoms with Crippen LogP contribution in [0.5, 0.6) is 11.5 Å². The van der Waals surface area contributed by atoms with Crippen molar-refractivity contribution in [1.29, 1.82) is 5.26 Å². The molecule has 0 aliphatic rings. The Labute approximate surface area is 197 Å². The molecule has 1 amide bonds. The van der Waals surface area contributed by atoms with E-state index in [1.165, 1.54) is 10.9 Å². The number of anilines is 1. The molecule has 0 saturated heterocycles. The van der Waals surface area contributed by atoms with Crippen LogP contribution in [0.4, 0.5) is 5.82 Å². The monoisotopic (exact) mass is 455 g/mol. The summed E-state index contributed by atoms with van der Waals surface area (Å²) in [6.07, 6.45) is 1.39. The number of methoxy groups -OCH3 is 1. The number of aromatic nitrogens is 3. The van der Waals surface area contributed by atoms with E-state index in [1.807, 2.05) is 49.4 Å². The molecule has 2 aromatic carbocycles. The maximum absolute atomic E-state index is 12.7. The van der Waals surface area contributed by atoms with Crippen molar-refractivity contribution in [3.05, 3.63) is 71.4 Å². The summed E-state index contributed by atoms with van der Waals surface area (Å²) in [6.45, 7) is 5.93. The van der Waals surface area contributed by atoms with E-state index < -0.39 is 5.91 Å². The number of pyridine rings is 1. The van der Waals surface area contributed by atoms with E-state index in [1.54, 1.807) is 13.2 Å². The number of ether oxygens (including phenoxy) is 2. The number of hydrogen-bond acceptors (Lipinski definition) is 6. The zero-order valence-corrected chi connectivity index (χ0v) is 19.5. The Balaban J connectivity index is 1.61. The Morgan fingerprint density at radius 1 is 1.21 bits per heavy atom. The molecule has 34 heavy (non-hydrogen) atoms. The molecule has 0 aliphatic heterocycles. The number of nitriles is 1. The Kier molecular flexibility index (Phi) is 6.46. The summed E-state index contributed by atoms with van der Waals surface area (Å²) in [7, 11) is 1.59. The van der Waals surface area contributed by atoms with Crippen LogP contribution in [0.25, 0.3) is 16.7 Å². The predicted octanol–water partition coefficient (Wildman–Crippen LogP) is 4.75. The summed E-state index contributed by atoms with van der Waals surface area (Å²) in [4.78, 5) is 17.4. The number of benzene rings is 2. The summed E-state index contributed by atoms with van der Waals surface area (Å²) in [6, 6.07) is 17.2. The first-order valence-corrected chi connectivity index (χ1v) is 10.9. The van der Waals surface area contributed by atoms with Crippen LogP contribution in [0.1, 0.15) is 36.5 Å². The standard InChI is InChI=1S/C26H25N5O3/c1-16(2)18-7-5-8-20(12-18)34-15-24(32)30-26-19(13-27)14-28-31(26)23-11-17(3)21-9-6-10-22(33-4)25(21)29-23/h5-12,14,16H,15H2,1-4H3,(H,30,32). The van der Waals surface area contributed by atoms with Gasteiger partial charge in [0.1, 0.15) is 28.6 Å². The molecule has 0 saturated carbocycles. The molecule has 2 heterocycles. The minimum atomic E-state index is -0.414. The number of para-hydroxylation sites is 1. The first-order chi connectivity index (χ1) is 16.4. The highest BCUT2D eigenvalue weighted by molar-refractivity contribution is 5.93. The van der Waals surface area contributed by atoms with Crippen LogP contribution in [0.3, 0.4) is 0 Å². The van der Waals surface area contributed by atoms with Crippen LogP contribution >= 0.6 is 0 Å². The van der Waals surface area contributed by atoms with Crippen LogP contribution in [0.2, 0.25) is 0 Å². The highest BCUT2D eigenvalue weighted by Crippen LogP contribution is 2.29. The average Bonchev–Trinajstić information content (AvgIpc) is 3.24. The molecule has 0 bridgehead atoms. The van der Waals surface area contributed by atoms with Crippen molar-refractivity contribution in [2.45, 2.75) is 26.7 Å². The molecule has 0 fully saturated rings. The number of aryl methyl sites for hydroxylation is 1. The zero-order valence-electron chi connectivity index (χ0n) is 19.5. The first-order valence-electron chi connectivity index (χ1n) is 10.9. The highest BCUT2D eigenvalue weighted by atomic mass is 16.5. The normalized spacial score (nSPS) is 10.8. The lowest BCUT2D eigenvalue weighted by molar-refractivity contribution is -0.118. The molecule has 0 radical (unpaired) electrons. The van der Waals surface area contributed by atoms with Crippen LogP contribution in [-0.2, 0) is 4.79 Å². The van der Waals surface area contributed by atoms with Gasteiger partial charge >= 0.3 is 0 Å². The van der Waals surface area contributed by atoms with Crippen LogP contribution < -0.4 is 14.8 Å². The zero-order chi connectivity index (χ0) is 24.2. The summed E-state index contributed by atoms with van der Waals surface area (Å²) in [5, 5.41) is 17.6. The lowest BCUT2D eigenvalue weighted by atomic mass is 10.0. The van der Waals surface area contributed by atoms with Gasteiger partial charge in [0.15, 0.2) is 18.2 Å². The molecule has 8 heteroatoms. The second-order valence-corrected chi connectivity index (χ2v) is 8.15. The third kappa shape index (κ3) is 4.55. The SMILES string of the molecule is COc1cccc2c(C)cc(-n3ncc(C#N)c3NC(=O)COc3cccc(C(C)C)c3)nc12. The molecule has 4 aromatic rings. The minimum Gasteiger partial charge on any atom is -0.494 e. The lowest BCUT2D eigenvalue weighted by Crippen LogP contribution is -2.22. The third-order valence-electron chi connectivity index (χ3n) is 5.47. The van der Waals surface area contributed by atoms with Crippen molar-refractivity contribution in [2.24, 2.45) is 0 Å². The van der Waals surface area contributed by atoms with E-state index in [0.29, 0.717) is 28.8 Å². The van der Waals surface area contributed by atoms with E-state index in [2.05, 4.69) is 30.3 Å². The molecule has 0 aliphatic carbocycles. The van der Waals surface area contributed by atoms with Crippen molar-refractivity contribution in [3.63, 3.8) is 0 Å². The number of amides is 1. The second-order valence-electron chi connectivity index (χ2n) is 8.15. The largest absolute Gasteiger partial charge is 0.494 e. The van der Waals surface area contributed by atoms with Crippen molar-refractivity contribution in [3.8, 4) is 23.4 Å². The van der Waals surface area contributed by atoms with Crippen LogP contribution in [0.15, 0.2) is 54.7 Å². The van der Waals surface area contributed by atoms with Gasteiger partial charge in [-0.3, -0.25) is 4.79 Å². The molecule has 0 unspecified atom stereocenters. The van der Waals surface area contributed by atoms with Crippen molar-refractivity contribution in [2.75, 3.05) is 19.0 Å². The maximum atomic E-state index is 12.7. The molecule has 4 rings (SSSR count). The quantitative estimate of drug-likeness (QED) is 0.431.